The number of rotatable bonds is 3. The zero-order valence-corrected chi connectivity index (χ0v) is 10.9. The standard InChI is InChI=1S/C12H16BrNO2/c1-9-6-10(2-3-12(9)13)16-8-11-7-14-4-5-15-11/h2-3,6,11,14H,4-5,7-8H2,1H3/t11-/m0/s1. The van der Waals surface area contributed by atoms with E-state index in [-0.39, 0.29) is 6.10 Å². The van der Waals surface area contributed by atoms with E-state index in [9.17, 15) is 0 Å². The summed E-state index contributed by atoms with van der Waals surface area (Å²) in [5.41, 5.74) is 1.18. The summed E-state index contributed by atoms with van der Waals surface area (Å²) >= 11 is 3.47. The predicted octanol–water partition coefficient (Wildman–Crippen LogP) is 2.12. The van der Waals surface area contributed by atoms with Crippen LogP contribution in [-0.2, 0) is 4.74 Å². The Morgan fingerprint density at radius 1 is 1.56 bits per heavy atom. The van der Waals surface area contributed by atoms with Gasteiger partial charge in [0.2, 0.25) is 0 Å². The van der Waals surface area contributed by atoms with E-state index in [0.717, 1.165) is 29.9 Å². The lowest BCUT2D eigenvalue weighted by molar-refractivity contribution is 0.000182. The van der Waals surface area contributed by atoms with Crippen LogP contribution in [0, 0.1) is 6.92 Å². The van der Waals surface area contributed by atoms with Gasteiger partial charge in [-0.2, -0.15) is 0 Å². The van der Waals surface area contributed by atoms with E-state index < -0.39 is 0 Å². The predicted molar refractivity (Wildman–Crippen MR) is 67.0 cm³/mol. The van der Waals surface area contributed by atoms with Crippen molar-refractivity contribution < 1.29 is 9.47 Å². The Kier molecular flexibility index (Phi) is 4.21. The second kappa shape index (κ2) is 5.66. The van der Waals surface area contributed by atoms with Gasteiger partial charge < -0.3 is 14.8 Å². The van der Waals surface area contributed by atoms with Crippen LogP contribution in [-0.4, -0.2) is 32.4 Å². The second-order valence-corrected chi connectivity index (χ2v) is 4.77. The fourth-order valence-corrected chi connectivity index (χ4v) is 1.87. The molecule has 0 bridgehead atoms. The fourth-order valence-electron chi connectivity index (χ4n) is 1.62. The Labute approximate surface area is 104 Å². The summed E-state index contributed by atoms with van der Waals surface area (Å²) in [6.07, 6.45) is 0.165. The molecule has 0 spiro atoms. The molecule has 2 rings (SSSR count). The van der Waals surface area contributed by atoms with E-state index >= 15 is 0 Å². The van der Waals surface area contributed by atoms with Crippen molar-refractivity contribution in [1.29, 1.82) is 0 Å². The Hall–Kier alpha value is -0.580. The van der Waals surface area contributed by atoms with Crippen molar-refractivity contribution in [1.82, 2.24) is 5.32 Å². The number of benzene rings is 1. The number of morpholine rings is 1. The van der Waals surface area contributed by atoms with Crippen LogP contribution >= 0.6 is 15.9 Å². The summed E-state index contributed by atoms with van der Waals surface area (Å²) in [5, 5.41) is 3.28. The molecule has 0 unspecified atom stereocenters. The Bertz CT molecular complexity index is 351. The number of halogens is 1. The van der Waals surface area contributed by atoms with Gasteiger partial charge in [0.25, 0.3) is 0 Å². The Morgan fingerprint density at radius 2 is 2.44 bits per heavy atom. The molecule has 1 aromatic carbocycles. The summed E-state index contributed by atoms with van der Waals surface area (Å²) in [4.78, 5) is 0. The number of aryl methyl sites for hydroxylation is 1. The highest BCUT2D eigenvalue weighted by molar-refractivity contribution is 9.10. The lowest BCUT2D eigenvalue weighted by atomic mass is 10.2. The molecule has 1 N–H and O–H groups in total. The van der Waals surface area contributed by atoms with Crippen molar-refractivity contribution in [3.05, 3.63) is 28.2 Å². The van der Waals surface area contributed by atoms with E-state index in [1.807, 2.05) is 18.2 Å². The van der Waals surface area contributed by atoms with Crippen LogP contribution in [0.25, 0.3) is 0 Å². The van der Waals surface area contributed by atoms with E-state index in [2.05, 4.69) is 28.2 Å². The van der Waals surface area contributed by atoms with Crippen LogP contribution in [0.3, 0.4) is 0 Å². The molecule has 0 saturated carbocycles. The SMILES string of the molecule is Cc1cc(OC[C@@H]2CNCCO2)ccc1Br. The maximum atomic E-state index is 5.70. The van der Waals surface area contributed by atoms with Crippen LogP contribution in [0.2, 0.25) is 0 Å². The average molecular weight is 286 g/mol. The molecule has 4 heteroatoms. The number of nitrogens with one attached hydrogen (secondary N) is 1. The molecule has 1 aromatic rings. The number of hydrogen-bond acceptors (Lipinski definition) is 3. The normalized spacial score (nSPS) is 20.8. The van der Waals surface area contributed by atoms with Crippen molar-refractivity contribution in [2.24, 2.45) is 0 Å². The second-order valence-electron chi connectivity index (χ2n) is 3.92. The van der Waals surface area contributed by atoms with Crippen LogP contribution in [0.4, 0.5) is 0 Å². The number of hydrogen-bond donors (Lipinski definition) is 1. The van der Waals surface area contributed by atoms with Crippen molar-refractivity contribution >= 4 is 15.9 Å². The molecule has 0 amide bonds. The minimum absolute atomic E-state index is 0.165. The van der Waals surface area contributed by atoms with Gasteiger partial charge >= 0.3 is 0 Å². The minimum Gasteiger partial charge on any atom is -0.491 e. The van der Waals surface area contributed by atoms with E-state index in [0.29, 0.717) is 6.61 Å². The van der Waals surface area contributed by atoms with Crippen LogP contribution in [0.5, 0.6) is 5.75 Å². The third kappa shape index (κ3) is 3.20. The fraction of sp³-hybridized carbons (Fsp3) is 0.500. The molecule has 1 saturated heterocycles. The topological polar surface area (TPSA) is 30.5 Å². The molecule has 0 aliphatic carbocycles. The zero-order chi connectivity index (χ0) is 11.4. The van der Waals surface area contributed by atoms with Crippen molar-refractivity contribution in [2.75, 3.05) is 26.3 Å². The molecular formula is C12H16BrNO2. The van der Waals surface area contributed by atoms with Crippen molar-refractivity contribution in [2.45, 2.75) is 13.0 Å². The molecule has 88 valence electrons. The Balaban J connectivity index is 1.86. The maximum absolute atomic E-state index is 5.70. The van der Waals surface area contributed by atoms with Crippen LogP contribution < -0.4 is 10.1 Å². The van der Waals surface area contributed by atoms with Gasteiger partial charge in [-0.3, -0.25) is 0 Å². The highest BCUT2D eigenvalue weighted by Crippen LogP contribution is 2.21. The van der Waals surface area contributed by atoms with Gasteiger partial charge in [0.1, 0.15) is 18.5 Å². The molecule has 1 atom stereocenters. The van der Waals surface area contributed by atoms with Gasteiger partial charge in [-0.05, 0) is 30.7 Å². The van der Waals surface area contributed by atoms with Gasteiger partial charge in [0.05, 0.1) is 6.61 Å². The van der Waals surface area contributed by atoms with E-state index in [1.54, 1.807) is 0 Å². The third-order valence-corrected chi connectivity index (χ3v) is 3.46. The van der Waals surface area contributed by atoms with E-state index in [1.165, 1.54) is 5.56 Å². The third-order valence-electron chi connectivity index (χ3n) is 2.57. The summed E-state index contributed by atoms with van der Waals surface area (Å²) in [5.74, 6) is 0.898. The molecule has 1 aliphatic heterocycles. The maximum Gasteiger partial charge on any atom is 0.119 e. The largest absolute Gasteiger partial charge is 0.491 e. The molecular weight excluding hydrogens is 270 g/mol. The first-order valence-electron chi connectivity index (χ1n) is 5.47. The summed E-state index contributed by atoms with van der Waals surface area (Å²) in [6.45, 7) is 5.24. The monoisotopic (exact) mass is 285 g/mol. The summed E-state index contributed by atoms with van der Waals surface area (Å²) in [6, 6.07) is 6.00. The lowest BCUT2D eigenvalue weighted by Gasteiger charge is -2.23. The Morgan fingerprint density at radius 3 is 3.12 bits per heavy atom. The molecule has 16 heavy (non-hydrogen) atoms. The molecule has 1 fully saturated rings. The molecule has 1 heterocycles. The van der Waals surface area contributed by atoms with Gasteiger partial charge in [-0.15, -0.1) is 0 Å². The first kappa shape index (κ1) is 11.9. The highest BCUT2D eigenvalue weighted by Gasteiger charge is 2.13. The van der Waals surface area contributed by atoms with Crippen LogP contribution in [0.1, 0.15) is 5.56 Å². The lowest BCUT2D eigenvalue weighted by Crippen LogP contribution is -2.41. The quantitative estimate of drug-likeness (QED) is 0.923. The molecule has 1 aliphatic rings. The van der Waals surface area contributed by atoms with E-state index in [4.69, 9.17) is 9.47 Å². The highest BCUT2D eigenvalue weighted by atomic mass is 79.9. The van der Waals surface area contributed by atoms with Gasteiger partial charge in [0.15, 0.2) is 0 Å². The summed E-state index contributed by atoms with van der Waals surface area (Å²) in [7, 11) is 0. The average Bonchev–Trinajstić information content (AvgIpc) is 2.32. The molecule has 0 aromatic heterocycles. The minimum atomic E-state index is 0.165. The number of ether oxygens (including phenoxy) is 2. The van der Waals surface area contributed by atoms with Crippen molar-refractivity contribution in [3.63, 3.8) is 0 Å². The van der Waals surface area contributed by atoms with Crippen molar-refractivity contribution in [3.8, 4) is 5.75 Å². The summed E-state index contributed by atoms with van der Waals surface area (Å²) < 4.78 is 12.4. The molecule has 3 nitrogen and oxygen atoms in total. The van der Waals surface area contributed by atoms with Crippen LogP contribution in [0.15, 0.2) is 22.7 Å². The first-order chi connectivity index (χ1) is 7.75. The smallest absolute Gasteiger partial charge is 0.119 e. The van der Waals surface area contributed by atoms with Gasteiger partial charge in [-0.25, -0.2) is 0 Å². The zero-order valence-electron chi connectivity index (χ0n) is 9.33. The van der Waals surface area contributed by atoms with Gasteiger partial charge in [0, 0.05) is 17.6 Å². The first-order valence-corrected chi connectivity index (χ1v) is 6.26. The van der Waals surface area contributed by atoms with Gasteiger partial charge in [-0.1, -0.05) is 15.9 Å². The molecule has 0 radical (unpaired) electrons.